The van der Waals surface area contributed by atoms with Crippen molar-refractivity contribution >= 4 is 56.2 Å². The smallest absolute Gasteiger partial charge is 0.345 e. The zero-order valence-corrected chi connectivity index (χ0v) is 13.7. The molecule has 0 atom stereocenters. The summed E-state index contributed by atoms with van der Waals surface area (Å²) in [6, 6.07) is 5.48. The van der Waals surface area contributed by atoms with Gasteiger partial charge in [0.2, 0.25) is 0 Å². The summed E-state index contributed by atoms with van der Waals surface area (Å²) >= 11 is 12.6. The van der Waals surface area contributed by atoms with E-state index in [1.807, 2.05) is 0 Å². The van der Waals surface area contributed by atoms with Gasteiger partial charge in [0, 0.05) is 9.90 Å². The fourth-order valence-corrected chi connectivity index (χ4v) is 4.51. The van der Waals surface area contributed by atoms with Gasteiger partial charge in [0.1, 0.15) is 9.77 Å². The van der Waals surface area contributed by atoms with Crippen molar-refractivity contribution in [3.63, 3.8) is 0 Å². The Morgan fingerprint density at radius 1 is 1.29 bits per heavy atom. The number of hydrogen-bond acceptors (Lipinski definition) is 4. The van der Waals surface area contributed by atoms with Gasteiger partial charge in [-0.15, -0.1) is 11.3 Å². The first kappa shape index (κ1) is 16.1. The predicted octanol–water partition coefficient (Wildman–Crippen LogP) is 3.86. The number of anilines is 1. The highest BCUT2D eigenvalue weighted by Crippen LogP contribution is 2.31. The van der Waals surface area contributed by atoms with Crippen LogP contribution in [0.15, 0.2) is 29.2 Å². The molecule has 2 N–H and O–H groups in total. The maximum atomic E-state index is 12.3. The molecular formula is C12H9Cl2NO4S2. The minimum Gasteiger partial charge on any atom is -0.477 e. The van der Waals surface area contributed by atoms with Crippen molar-refractivity contribution < 1.29 is 18.3 Å². The van der Waals surface area contributed by atoms with Crippen LogP contribution in [0.2, 0.25) is 10.0 Å². The molecule has 0 saturated heterocycles. The minimum absolute atomic E-state index is 0.0509. The van der Waals surface area contributed by atoms with Crippen LogP contribution < -0.4 is 4.72 Å². The van der Waals surface area contributed by atoms with Crippen LogP contribution in [0.4, 0.5) is 5.69 Å². The number of sulfonamides is 1. The highest BCUT2D eigenvalue weighted by atomic mass is 35.5. The van der Waals surface area contributed by atoms with Crippen LogP contribution >= 0.6 is 34.5 Å². The Labute approximate surface area is 135 Å². The molecule has 0 aliphatic rings. The lowest BCUT2D eigenvalue weighted by Crippen LogP contribution is -2.13. The van der Waals surface area contributed by atoms with E-state index in [0.717, 1.165) is 17.4 Å². The summed E-state index contributed by atoms with van der Waals surface area (Å²) in [5.41, 5.74) is 0.131. The van der Waals surface area contributed by atoms with Crippen molar-refractivity contribution in [3.8, 4) is 0 Å². The third-order valence-electron chi connectivity index (χ3n) is 2.55. The summed E-state index contributed by atoms with van der Waals surface area (Å²) in [6.07, 6.45) is 0. The molecule has 2 aromatic rings. The van der Waals surface area contributed by atoms with E-state index in [0.29, 0.717) is 9.90 Å². The quantitative estimate of drug-likeness (QED) is 0.861. The predicted molar refractivity (Wildman–Crippen MR) is 83.3 cm³/mol. The van der Waals surface area contributed by atoms with Gasteiger partial charge < -0.3 is 5.11 Å². The standard InChI is InChI=1S/C12H9Cl2NO4S2/c1-6-11(5-10(20-6)12(16)17)21(18,19)15-9-4-7(13)2-3-8(9)14/h2-5,15H,1H3,(H,16,17). The molecule has 0 unspecified atom stereocenters. The molecule has 0 saturated carbocycles. The van der Waals surface area contributed by atoms with Crippen molar-refractivity contribution in [1.82, 2.24) is 0 Å². The zero-order chi connectivity index (χ0) is 15.8. The van der Waals surface area contributed by atoms with Crippen molar-refractivity contribution in [2.75, 3.05) is 4.72 Å². The van der Waals surface area contributed by atoms with Crippen LogP contribution in [0.5, 0.6) is 0 Å². The fourth-order valence-electron chi connectivity index (χ4n) is 1.61. The monoisotopic (exact) mass is 365 g/mol. The highest BCUT2D eigenvalue weighted by molar-refractivity contribution is 7.93. The van der Waals surface area contributed by atoms with Gasteiger partial charge in [-0.1, -0.05) is 23.2 Å². The largest absolute Gasteiger partial charge is 0.477 e. The second-order valence-corrected chi connectivity index (χ2v) is 7.82. The number of aromatic carboxylic acids is 1. The first-order chi connectivity index (χ1) is 9.70. The molecule has 2 rings (SSSR count). The third kappa shape index (κ3) is 3.49. The number of benzene rings is 1. The molecule has 0 bridgehead atoms. The van der Waals surface area contributed by atoms with Crippen LogP contribution in [0, 0.1) is 6.92 Å². The van der Waals surface area contributed by atoms with Gasteiger partial charge in [0.15, 0.2) is 0 Å². The summed E-state index contributed by atoms with van der Waals surface area (Å²) in [5.74, 6) is -1.18. The normalized spacial score (nSPS) is 11.4. The molecule has 0 radical (unpaired) electrons. The Morgan fingerprint density at radius 3 is 2.52 bits per heavy atom. The van der Waals surface area contributed by atoms with Gasteiger partial charge >= 0.3 is 5.97 Å². The average Bonchev–Trinajstić information content (AvgIpc) is 2.77. The number of thiophene rings is 1. The van der Waals surface area contributed by atoms with E-state index >= 15 is 0 Å². The zero-order valence-electron chi connectivity index (χ0n) is 10.6. The average molecular weight is 366 g/mol. The van der Waals surface area contributed by atoms with Crippen molar-refractivity contribution in [3.05, 3.63) is 44.1 Å². The molecule has 21 heavy (non-hydrogen) atoms. The Kier molecular flexibility index (Phi) is 4.48. The maximum absolute atomic E-state index is 12.3. The number of rotatable bonds is 4. The van der Waals surface area contributed by atoms with E-state index in [-0.39, 0.29) is 20.5 Å². The lowest BCUT2D eigenvalue weighted by atomic mass is 10.3. The number of aryl methyl sites for hydroxylation is 1. The second kappa shape index (κ2) is 5.84. The van der Waals surface area contributed by atoms with E-state index in [4.69, 9.17) is 28.3 Å². The molecule has 0 amide bonds. The van der Waals surface area contributed by atoms with E-state index in [1.54, 1.807) is 0 Å². The van der Waals surface area contributed by atoms with Gasteiger partial charge in [-0.25, -0.2) is 13.2 Å². The number of carboxylic acids is 1. The van der Waals surface area contributed by atoms with Crippen molar-refractivity contribution in [1.29, 1.82) is 0 Å². The molecule has 5 nitrogen and oxygen atoms in total. The first-order valence-corrected chi connectivity index (χ1v) is 8.58. The summed E-state index contributed by atoms with van der Waals surface area (Å²) in [7, 11) is -3.94. The van der Waals surface area contributed by atoms with Crippen LogP contribution in [-0.2, 0) is 10.0 Å². The van der Waals surface area contributed by atoms with Crippen LogP contribution in [0.25, 0.3) is 0 Å². The summed E-state index contributed by atoms with van der Waals surface area (Å²) in [5, 5.41) is 9.43. The molecule has 112 valence electrons. The number of carbonyl (C=O) groups is 1. The topological polar surface area (TPSA) is 83.5 Å². The molecule has 0 aliphatic heterocycles. The van der Waals surface area contributed by atoms with Crippen molar-refractivity contribution in [2.24, 2.45) is 0 Å². The van der Waals surface area contributed by atoms with Gasteiger partial charge in [-0.2, -0.15) is 0 Å². The molecule has 1 heterocycles. The molecule has 0 spiro atoms. The molecule has 1 aromatic carbocycles. The van der Waals surface area contributed by atoms with Gasteiger partial charge in [-0.3, -0.25) is 4.72 Å². The van der Waals surface area contributed by atoms with Crippen LogP contribution in [0.3, 0.4) is 0 Å². The van der Waals surface area contributed by atoms with E-state index < -0.39 is 16.0 Å². The second-order valence-electron chi connectivity index (χ2n) is 4.07. The van der Waals surface area contributed by atoms with Crippen LogP contribution in [0.1, 0.15) is 14.5 Å². The van der Waals surface area contributed by atoms with Crippen LogP contribution in [-0.4, -0.2) is 19.5 Å². The lowest BCUT2D eigenvalue weighted by molar-refractivity contribution is 0.0702. The van der Waals surface area contributed by atoms with Crippen molar-refractivity contribution in [2.45, 2.75) is 11.8 Å². The molecule has 0 aliphatic carbocycles. The highest BCUT2D eigenvalue weighted by Gasteiger charge is 2.23. The molecule has 9 heteroatoms. The number of carboxylic acid groups (broad SMARTS) is 1. The Hall–Kier alpha value is -1.28. The van der Waals surface area contributed by atoms with E-state index in [9.17, 15) is 13.2 Å². The SMILES string of the molecule is Cc1sc(C(=O)O)cc1S(=O)(=O)Nc1cc(Cl)ccc1Cl. The molecule has 1 aromatic heterocycles. The van der Waals surface area contributed by atoms with Gasteiger partial charge in [0.05, 0.1) is 10.7 Å². The molecule has 0 fully saturated rings. The number of nitrogens with one attached hydrogen (secondary N) is 1. The molecular weight excluding hydrogens is 357 g/mol. The summed E-state index contributed by atoms with van der Waals surface area (Å²) < 4.78 is 27.0. The number of halogens is 2. The fraction of sp³-hybridized carbons (Fsp3) is 0.0833. The summed E-state index contributed by atoms with van der Waals surface area (Å²) in [4.78, 5) is 11.1. The van der Waals surface area contributed by atoms with Gasteiger partial charge in [-0.05, 0) is 31.2 Å². The Morgan fingerprint density at radius 2 is 1.95 bits per heavy atom. The third-order valence-corrected chi connectivity index (χ3v) is 5.77. The summed E-state index contributed by atoms with van der Waals surface area (Å²) in [6.45, 7) is 1.53. The number of hydrogen-bond donors (Lipinski definition) is 2. The Bertz CT molecular complexity index is 815. The Balaban J connectivity index is 2.43. The lowest BCUT2D eigenvalue weighted by Gasteiger charge is -2.09. The van der Waals surface area contributed by atoms with Gasteiger partial charge in [0.25, 0.3) is 10.0 Å². The first-order valence-electron chi connectivity index (χ1n) is 5.52. The minimum atomic E-state index is -3.94. The van der Waals surface area contributed by atoms with E-state index in [2.05, 4.69) is 4.72 Å². The maximum Gasteiger partial charge on any atom is 0.345 e. The van der Waals surface area contributed by atoms with E-state index in [1.165, 1.54) is 25.1 Å².